The minimum absolute atomic E-state index is 0.00745. The topological polar surface area (TPSA) is 77.9 Å². The van der Waals surface area contributed by atoms with Crippen molar-refractivity contribution in [1.29, 1.82) is 0 Å². The number of hydrogen-bond donors (Lipinski definition) is 1. The average molecular weight is 446 g/mol. The van der Waals surface area contributed by atoms with Crippen molar-refractivity contribution in [2.45, 2.75) is 88.7 Å². The molecule has 1 saturated carbocycles. The molecule has 2 aliphatic heterocycles. The SMILES string of the molecule is CC(C)(C)OC(=O)N[C@@H]1C[C@H]2COC[C@@H](C1)N2c1cnn(C2CC(OC(F)(F)F)C2)c1. The molecule has 0 aromatic carbocycles. The summed E-state index contributed by atoms with van der Waals surface area (Å²) in [6.45, 7) is 6.57. The molecule has 1 aliphatic carbocycles. The largest absolute Gasteiger partial charge is 0.522 e. The zero-order chi connectivity index (χ0) is 22.4. The Morgan fingerprint density at radius 3 is 2.35 bits per heavy atom. The van der Waals surface area contributed by atoms with Crippen LogP contribution in [0.1, 0.15) is 52.5 Å². The predicted octanol–water partition coefficient (Wildman–Crippen LogP) is 3.38. The number of aromatic nitrogens is 2. The Hall–Kier alpha value is -2.01. The number of alkyl halides is 3. The quantitative estimate of drug-likeness (QED) is 0.764. The van der Waals surface area contributed by atoms with E-state index in [0.717, 1.165) is 5.69 Å². The van der Waals surface area contributed by atoms with Crippen molar-refractivity contribution in [1.82, 2.24) is 15.1 Å². The van der Waals surface area contributed by atoms with E-state index in [4.69, 9.17) is 9.47 Å². The number of halogens is 3. The lowest BCUT2D eigenvalue weighted by Gasteiger charge is -2.49. The standard InChI is InChI=1S/C20H29F3N4O4/c1-19(2,3)31-18(28)25-12-4-14-10-29-11-15(5-12)27(14)16-8-24-26(9-16)13-6-17(7-13)30-20(21,22)23/h8-9,12-15,17H,4-7,10-11H2,1-3H3,(H,25,28)/t12-,13?,14+,15-,17?. The number of fused-ring (bicyclic) bond motifs is 2. The zero-order valence-electron chi connectivity index (χ0n) is 17.9. The maximum Gasteiger partial charge on any atom is 0.522 e. The summed E-state index contributed by atoms with van der Waals surface area (Å²) in [4.78, 5) is 14.4. The molecule has 2 saturated heterocycles. The minimum atomic E-state index is -4.60. The highest BCUT2D eigenvalue weighted by Crippen LogP contribution is 2.39. The van der Waals surface area contributed by atoms with E-state index in [0.29, 0.717) is 38.9 Å². The molecule has 1 aromatic rings. The first-order chi connectivity index (χ1) is 14.5. The van der Waals surface area contributed by atoms with Gasteiger partial charge in [0.25, 0.3) is 0 Å². The fraction of sp³-hybridized carbons (Fsp3) is 0.800. The van der Waals surface area contributed by atoms with E-state index in [1.165, 1.54) is 0 Å². The molecule has 4 rings (SSSR count). The predicted molar refractivity (Wildman–Crippen MR) is 105 cm³/mol. The van der Waals surface area contributed by atoms with E-state index in [2.05, 4.69) is 20.1 Å². The van der Waals surface area contributed by atoms with Gasteiger partial charge in [-0.2, -0.15) is 5.10 Å². The highest BCUT2D eigenvalue weighted by Gasteiger charge is 2.43. The van der Waals surface area contributed by atoms with Gasteiger partial charge in [-0.3, -0.25) is 9.42 Å². The van der Waals surface area contributed by atoms with Crippen molar-refractivity contribution in [3.8, 4) is 0 Å². The van der Waals surface area contributed by atoms with Gasteiger partial charge in [-0.05, 0) is 46.5 Å². The summed E-state index contributed by atoms with van der Waals surface area (Å²) in [5, 5.41) is 7.36. The fourth-order valence-electron chi connectivity index (χ4n) is 4.63. The normalized spacial score (nSPS) is 31.2. The highest BCUT2D eigenvalue weighted by molar-refractivity contribution is 5.68. The lowest BCUT2D eigenvalue weighted by atomic mass is 9.89. The first kappa shape index (κ1) is 22.2. The third kappa shape index (κ3) is 5.43. The molecule has 8 nitrogen and oxygen atoms in total. The molecule has 11 heteroatoms. The second-order valence-corrected chi connectivity index (χ2v) is 9.56. The van der Waals surface area contributed by atoms with Gasteiger partial charge in [-0.1, -0.05) is 0 Å². The molecule has 0 spiro atoms. The summed E-state index contributed by atoms with van der Waals surface area (Å²) in [7, 11) is 0. The lowest BCUT2D eigenvalue weighted by molar-refractivity contribution is -0.353. The second kappa shape index (κ2) is 8.16. The first-order valence-electron chi connectivity index (χ1n) is 10.6. The van der Waals surface area contributed by atoms with Crippen molar-refractivity contribution in [3.05, 3.63) is 12.4 Å². The number of amides is 1. The number of morpholine rings is 1. The van der Waals surface area contributed by atoms with Gasteiger partial charge in [0.1, 0.15) is 5.60 Å². The van der Waals surface area contributed by atoms with E-state index in [1.807, 2.05) is 27.0 Å². The van der Waals surface area contributed by atoms with Gasteiger partial charge in [0, 0.05) is 12.2 Å². The summed E-state index contributed by atoms with van der Waals surface area (Å²) in [6, 6.07) is 0.0519. The van der Waals surface area contributed by atoms with Crippen molar-refractivity contribution < 1.29 is 32.2 Å². The summed E-state index contributed by atoms with van der Waals surface area (Å²) in [6.07, 6.45) is -0.167. The Morgan fingerprint density at radius 2 is 1.77 bits per heavy atom. The van der Waals surface area contributed by atoms with E-state index in [-0.39, 0.29) is 24.2 Å². The van der Waals surface area contributed by atoms with Crippen LogP contribution >= 0.6 is 0 Å². The summed E-state index contributed by atoms with van der Waals surface area (Å²) >= 11 is 0. The van der Waals surface area contributed by atoms with Crippen LogP contribution in [0, 0.1) is 0 Å². The first-order valence-corrected chi connectivity index (χ1v) is 10.6. The molecular formula is C20H29F3N4O4. The van der Waals surface area contributed by atoms with Crippen LogP contribution in [0.2, 0.25) is 0 Å². The molecule has 3 heterocycles. The summed E-state index contributed by atoms with van der Waals surface area (Å²) in [5.41, 5.74) is 0.374. The molecule has 3 aliphatic rings. The Balaban J connectivity index is 1.35. The van der Waals surface area contributed by atoms with E-state index in [1.54, 1.807) is 10.9 Å². The van der Waals surface area contributed by atoms with Crippen molar-refractivity contribution >= 4 is 11.8 Å². The number of carbonyl (C=O) groups excluding carboxylic acids is 1. The number of ether oxygens (including phenoxy) is 3. The van der Waals surface area contributed by atoms with Gasteiger partial charge >= 0.3 is 12.5 Å². The monoisotopic (exact) mass is 446 g/mol. The molecule has 0 radical (unpaired) electrons. The van der Waals surface area contributed by atoms with Crippen molar-refractivity contribution in [2.75, 3.05) is 18.1 Å². The van der Waals surface area contributed by atoms with Crippen LogP contribution in [0.25, 0.3) is 0 Å². The molecule has 1 N–H and O–H groups in total. The molecule has 174 valence electrons. The van der Waals surface area contributed by atoms with Gasteiger partial charge in [-0.25, -0.2) is 4.79 Å². The van der Waals surface area contributed by atoms with E-state index in [9.17, 15) is 18.0 Å². The minimum Gasteiger partial charge on any atom is -0.444 e. The molecule has 3 fully saturated rings. The highest BCUT2D eigenvalue weighted by atomic mass is 19.4. The van der Waals surface area contributed by atoms with Gasteiger partial charge in [0.05, 0.1) is 49.3 Å². The molecule has 31 heavy (non-hydrogen) atoms. The Morgan fingerprint density at radius 1 is 1.13 bits per heavy atom. The van der Waals surface area contributed by atoms with Crippen LogP contribution < -0.4 is 10.2 Å². The number of rotatable bonds is 4. The number of nitrogens with zero attached hydrogens (tertiary/aromatic N) is 3. The molecular weight excluding hydrogens is 417 g/mol. The number of carbonyl (C=O) groups is 1. The van der Waals surface area contributed by atoms with Crippen molar-refractivity contribution in [3.63, 3.8) is 0 Å². The summed E-state index contributed by atoms with van der Waals surface area (Å²) in [5.74, 6) is 0. The average Bonchev–Trinajstić information content (AvgIpc) is 3.03. The van der Waals surface area contributed by atoms with Gasteiger partial charge in [0.15, 0.2) is 0 Å². The fourth-order valence-corrected chi connectivity index (χ4v) is 4.63. The smallest absolute Gasteiger partial charge is 0.444 e. The Labute approximate surface area is 179 Å². The zero-order valence-corrected chi connectivity index (χ0v) is 17.9. The Bertz CT molecular complexity index is 774. The molecule has 2 bridgehead atoms. The van der Waals surface area contributed by atoms with E-state index < -0.39 is 24.2 Å². The number of nitrogens with one attached hydrogen (secondary N) is 1. The molecule has 1 amide bonds. The van der Waals surface area contributed by atoms with Crippen LogP contribution in [0.3, 0.4) is 0 Å². The third-order valence-corrected chi connectivity index (χ3v) is 5.87. The molecule has 0 unspecified atom stereocenters. The molecule has 1 aromatic heterocycles. The lowest BCUT2D eigenvalue weighted by Crippen LogP contribution is -2.61. The van der Waals surface area contributed by atoms with Gasteiger partial charge in [0.2, 0.25) is 0 Å². The van der Waals surface area contributed by atoms with Crippen LogP contribution in [0.15, 0.2) is 12.4 Å². The number of alkyl carbamates (subject to hydrolysis) is 1. The Kier molecular flexibility index (Phi) is 5.84. The maximum absolute atomic E-state index is 12.3. The number of piperidine rings is 1. The van der Waals surface area contributed by atoms with E-state index >= 15 is 0 Å². The van der Waals surface area contributed by atoms with Gasteiger partial charge in [-0.15, -0.1) is 13.2 Å². The van der Waals surface area contributed by atoms with Crippen LogP contribution in [-0.4, -0.2) is 65.3 Å². The third-order valence-electron chi connectivity index (χ3n) is 5.87. The van der Waals surface area contributed by atoms with Crippen molar-refractivity contribution in [2.24, 2.45) is 0 Å². The number of anilines is 1. The second-order valence-electron chi connectivity index (χ2n) is 9.56. The van der Waals surface area contributed by atoms with Crippen LogP contribution in [0.4, 0.5) is 23.7 Å². The van der Waals surface area contributed by atoms with Gasteiger partial charge < -0.3 is 19.7 Å². The molecule has 3 atom stereocenters. The van der Waals surface area contributed by atoms with Crippen LogP contribution in [-0.2, 0) is 14.2 Å². The van der Waals surface area contributed by atoms with Crippen LogP contribution in [0.5, 0.6) is 0 Å². The summed E-state index contributed by atoms with van der Waals surface area (Å²) < 4.78 is 53.9. The number of hydrogen-bond acceptors (Lipinski definition) is 6. The maximum atomic E-state index is 12.3.